The SMILES string of the molecule is O=C(NN=Cc1ccc(Br)cc1)[C@H]1CCCN1S(=O)(=O)c1ccc(Cl)cc1. The van der Waals surface area contributed by atoms with Gasteiger partial charge in [-0.2, -0.15) is 9.41 Å². The molecule has 1 aliphatic rings. The average molecular weight is 471 g/mol. The van der Waals surface area contributed by atoms with Gasteiger partial charge >= 0.3 is 0 Å². The highest BCUT2D eigenvalue weighted by Crippen LogP contribution is 2.27. The Balaban J connectivity index is 1.70. The van der Waals surface area contributed by atoms with Crippen molar-refractivity contribution in [1.29, 1.82) is 0 Å². The lowest BCUT2D eigenvalue weighted by atomic mass is 10.2. The molecule has 0 saturated carbocycles. The standard InChI is InChI=1S/C18H17BrClN3O3S/c19-14-5-3-13(4-6-14)12-21-22-18(24)17-2-1-11-23(17)27(25,26)16-9-7-15(20)8-10-16/h3-10,12,17H,1-2,11H2,(H,22,24)/t17-/m1/s1. The van der Waals surface area contributed by atoms with Crippen molar-refractivity contribution in [3.05, 3.63) is 63.6 Å². The molecule has 0 bridgehead atoms. The molecule has 1 atom stereocenters. The average Bonchev–Trinajstić information content (AvgIpc) is 3.14. The highest BCUT2D eigenvalue weighted by molar-refractivity contribution is 9.10. The van der Waals surface area contributed by atoms with E-state index in [2.05, 4.69) is 26.5 Å². The van der Waals surface area contributed by atoms with Crippen molar-refractivity contribution in [2.24, 2.45) is 5.10 Å². The number of rotatable bonds is 5. The number of sulfonamides is 1. The molecule has 0 radical (unpaired) electrons. The zero-order chi connectivity index (χ0) is 19.4. The Bertz CT molecular complexity index is 947. The lowest BCUT2D eigenvalue weighted by molar-refractivity contribution is -0.124. The second-order valence-corrected chi connectivity index (χ2v) is 9.26. The maximum Gasteiger partial charge on any atom is 0.258 e. The summed E-state index contributed by atoms with van der Waals surface area (Å²) in [5, 5.41) is 4.39. The molecule has 27 heavy (non-hydrogen) atoms. The minimum absolute atomic E-state index is 0.116. The molecule has 0 unspecified atom stereocenters. The van der Waals surface area contributed by atoms with Crippen LogP contribution >= 0.6 is 27.5 Å². The highest BCUT2D eigenvalue weighted by atomic mass is 79.9. The number of nitrogens with zero attached hydrogens (tertiary/aromatic N) is 2. The Labute approximate surface area is 171 Å². The van der Waals surface area contributed by atoms with Crippen LogP contribution in [0.2, 0.25) is 5.02 Å². The fraction of sp³-hybridized carbons (Fsp3) is 0.222. The molecule has 1 heterocycles. The molecular weight excluding hydrogens is 454 g/mol. The fourth-order valence-corrected chi connectivity index (χ4v) is 4.87. The number of hydrazone groups is 1. The van der Waals surface area contributed by atoms with Crippen LogP contribution in [0.25, 0.3) is 0 Å². The summed E-state index contributed by atoms with van der Waals surface area (Å²) < 4.78 is 27.9. The number of benzene rings is 2. The summed E-state index contributed by atoms with van der Waals surface area (Å²) in [6.45, 7) is 0.291. The van der Waals surface area contributed by atoms with E-state index in [0.717, 1.165) is 10.0 Å². The Morgan fingerprint density at radius 3 is 2.52 bits per heavy atom. The van der Waals surface area contributed by atoms with Gasteiger partial charge in [0.1, 0.15) is 6.04 Å². The lowest BCUT2D eigenvalue weighted by Gasteiger charge is -2.22. The third-order valence-corrected chi connectivity index (χ3v) is 6.89. The van der Waals surface area contributed by atoms with Crippen molar-refractivity contribution < 1.29 is 13.2 Å². The Kier molecular flexibility index (Phi) is 6.31. The molecule has 1 fully saturated rings. The van der Waals surface area contributed by atoms with Gasteiger partial charge in [-0.3, -0.25) is 4.79 Å². The fourth-order valence-electron chi connectivity index (χ4n) is 2.83. The van der Waals surface area contributed by atoms with E-state index in [1.165, 1.54) is 34.8 Å². The molecular formula is C18H17BrClN3O3S. The molecule has 1 aliphatic heterocycles. The first-order valence-electron chi connectivity index (χ1n) is 8.24. The summed E-state index contributed by atoms with van der Waals surface area (Å²) in [6.07, 6.45) is 2.57. The summed E-state index contributed by atoms with van der Waals surface area (Å²) in [6, 6.07) is 12.5. The van der Waals surface area contributed by atoms with Crippen molar-refractivity contribution >= 4 is 49.7 Å². The summed E-state index contributed by atoms with van der Waals surface area (Å²) >= 11 is 9.17. The minimum atomic E-state index is -3.77. The van der Waals surface area contributed by atoms with Gasteiger partial charge in [-0.25, -0.2) is 13.8 Å². The summed E-state index contributed by atoms with van der Waals surface area (Å²) in [5.41, 5.74) is 3.26. The van der Waals surface area contributed by atoms with E-state index in [9.17, 15) is 13.2 Å². The van der Waals surface area contributed by atoms with Gasteiger partial charge in [0.05, 0.1) is 11.1 Å². The molecule has 0 spiro atoms. The number of nitrogens with one attached hydrogen (secondary N) is 1. The smallest absolute Gasteiger partial charge is 0.258 e. The third-order valence-electron chi connectivity index (χ3n) is 4.18. The van der Waals surface area contributed by atoms with E-state index < -0.39 is 22.0 Å². The zero-order valence-corrected chi connectivity index (χ0v) is 17.3. The molecule has 142 valence electrons. The zero-order valence-electron chi connectivity index (χ0n) is 14.2. The first-order valence-corrected chi connectivity index (χ1v) is 10.8. The summed E-state index contributed by atoms with van der Waals surface area (Å²) in [7, 11) is -3.77. The first kappa shape index (κ1) is 20.0. The van der Waals surface area contributed by atoms with Crippen LogP contribution in [-0.2, 0) is 14.8 Å². The van der Waals surface area contributed by atoms with Crippen molar-refractivity contribution in [3.8, 4) is 0 Å². The Morgan fingerprint density at radius 1 is 1.19 bits per heavy atom. The highest BCUT2D eigenvalue weighted by Gasteiger charge is 2.39. The second-order valence-electron chi connectivity index (χ2n) is 6.01. The number of hydrogen-bond donors (Lipinski definition) is 1. The van der Waals surface area contributed by atoms with Crippen LogP contribution in [0.4, 0.5) is 0 Å². The monoisotopic (exact) mass is 469 g/mol. The van der Waals surface area contributed by atoms with Gasteiger partial charge in [0.15, 0.2) is 0 Å². The van der Waals surface area contributed by atoms with Crippen LogP contribution in [0.3, 0.4) is 0 Å². The maximum absolute atomic E-state index is 12.8. The van der Waals surface area contributed by atoms with Crippen molar-refractivity contribution in [3.63, 3.8) is 0 Å². The molecule has 2 aromatic carbocycles. The van der Waals surface area contributed by atoms with Gasteiger partial charge in [-0.05, 0) is 54.8 Å². The Morgan fingerprint density at radius 2 is 1.85 bits per heavy atom. The van der Waals surface area contributed by atoms with Crippen LogP contribution in [0.5, 0.6) is 0 Å². The van der Waals surface area contributed by atoms with Crippen LogP contribution < -0.4 is 5.43 Å². The van der Waals surface area contributed by atoms with Gasteiger partial charge in [0, 0.05) is 16.0 Å². The van der Waals surface area contributed by atoms with E-state index in [-0.39, 0.29) is 4.90 Å². The van der Waals surface area contributed by atoms with Crippen LogP contribution in [-0.4, -0.2) is 37.4 Å². The Hall–Kier alpha value is -1.74. The van der Waals surface area contributed by atoms with Crippen molar-refractivity contribution in [2.75, 3.05) is 6.54 Å². The number of hydrogen-bond acceptors (Lipinski definition) is 4. The second kappa shape index (κ2) is 8.52. The number of carbonyl (C=O) groups excluding carboxylic acids is 1. The van der Waals surface area contributed by atoms with Crippen LogP contribution in [0, 0.1) is 0 Å². The molecule has 6 nitrogen and oxygen atoms in total. The van der Waals surface area contributed by atoms with Gasteiger partial charge in [-0.1, -0.05) is 39.7 Å². The van der Waals surface area contributed by atoms with Crippen molar-refractivity contribution in [1.82, 2.24) is 9.73 Å². The van der Waals surface area contributed by atoms with E-state index in [1.54, 1.807) is 0 Å². The van der Waals surface area contributed by atoms with Crippen LogP contribution in [0.1, 0.15) is 18.4 Å². The van der Waals surface area contributed by atoms with Gasteiger partial charge < -0.3 is 0 Å². The normalized spacial score (nSPS) is 18.1. The van der Waals surface area contributed by atoms with Crippen molar-refractivity contribution in [2.45, 2.75) is 23.8 Å². The molecule has 1 amide bonds. The van der Waals surface area contributed by atoms with Gasteiger partial charge in [0.2, 0.25) is 10.0 Å². The molecule has 3 rings (SSSR count). The molecule has 2 aromatic rings. The largest absolute Gasteiger partial charge is 0.271 e. The number of amides is 1. The quantitative estimate of drug-likeness (QED) is 0.537. The maximum atomic E-state index is 12.8. The minimum Gasteiger partial charge on any atom is -0.271 e. The van der Waals surface area contributed by atoms with E-state index in [1.807, 2.05) is 24.3 Å². The first-order chi connectivity index (χ1) is 12.9. The van der Waals surface area contributed by atoms with Gasteiger partial charge in [-0.15, -0.1) is 0 Å². The van der Waals surface area contributed by atoms with E-state index >= 15 is 0 Å². The molecule has 0 aliphatic carbocycles. The van der Waals surface area contributed by atoms with E-state index in [4.69, 9.17) is 11.6 Å². The number of halogens is 2. The number of carbonyl (C=O) groups is 1. The lowest BCUT2D eigenvalue weighted by Crippen LogP contribution is -2.44. The summed E-state index contributed by atoms with van der Waals surface area (Å²) in [4.78, 5) is 12.6. The molecule has 9 heteroatoms. The summed E-state index contributed by atoms with van der Waals surface area (Å²) in [5.74, 6) is -0.446. The third kappa shape index (κ3) is 4.76. The van der Waals surface area contributed by atoms with Crippen LogP contribution in [0.15, 0.2) is 63.0 Å². The molecule has 0 aromatic heterocycles. The topological polar surface area (TPSA) is 78.8 Å². The van der Waals surface area contributed by atoms with E-state index in [0.29, 0.717) is 24.4 Å². The predicted octanol–water partition coefficient (Wildman–Crippen LogP) is 3.41. The predicted molar refractivity (Wildman–Crippen MR) is 108 cm³/mol. The molecule has 1 N–H and O–H groups in total. The molecule has 1 saturated heterocycles. The van der Waals surface area contributed by atoms with Gasteiger partial charge in [0.25, 0.3) is 5.91 Å².